The van der Waals surface area contributed by atoms with Gasteiger partial charge in [0.1, 0.15) is 0 Å². The zero-order valence-corrected chi connectivity index (χ0v) is 6.03. The maximum absolute atomic E-state index is 10.6. The summed E-state index contributed by atoms with van der Waals surface area (Å²) in [6.45, 7) is 1.09. The molecule has 3 nitrogen and oxygen atoms in total. The van der Waals surface area contributed by atoms with Crippen molar-refractivity contribution in [2.24, 2.45) is 0 Å². The van der Waals surface area contributed by atoms with Crippen molar-refractivity contribution in [1.29, 1.82) is 0 Å². The molecule has 0 atom stereocenters. The van der Waals surface area contributed by atoms with Crippen LogP contribution in [0.1, 0.15) is 0 Å². The molecule has 0 spiro atoms. The average molecular weight is 148 g/mol. The van der Waals surface area contributed by atoms with E-state index in [-0.39, 0.29) is 0 Å². The van der Waals surface area contributed by atoms with Crippen LogP contribution in [0.25, 0.3) is 0 Å². The monoisotopic (exact) mass is 148 g/mol. The lowest BCUT2D eigenvalue weighted by molar-refractivity contribution is -0.119. The molecule has 1 aromatic heterocycles. The fourth-order valence-electron chi connectivity index (χ4n) is 1.10. The number of hydrogen-bond acceptors (Lipinski definition) is 3. The van der Waals surface area contributed by atoms with Gasteiger partial charge >= 0.3 is 0 Å². The number of ketones is 1. The second-order valence-corrected chi connectivity index (χ2v) is 2.61. The van der Waals surface area contributed by atoms with E-state index in [9.17, 15) is 4.79 Å². The Labute approximate surface area is 64.7 Å². The molecule has 0 aromatic carbocycles. The zero-order chi connectivity index (χ0) is 7.68. The third-order valence-electron chi connectivity index (χ3n) is 1.75. The molecule has 1 aliphatic heterocycles. The molecular weight excluding hydrogens is 140 g/mol. The van der Waals surface area contributed by atoms with E-state index in [1.54, 1.807) is 12.4 Å². The minimum Gasteiger partial charge on any atom is -0.355 e. The molecule has 0 bridgehead atoms. The molecule has 0 radical (unpaired) electrons. The number of pyridine rings is 1. The van der Waals surface area contributed by atoms with Crippen LogP contribution in [-0.4, -0.2) is 23.9 Å². The Morgan fingerprint density at radius 2 is 2.27 bits per heavy atom. The van der Waals surface area contributed by atoms with Crippen LogP contribution in [-0.2, 0) is 4.79 Å². The molecule has 1 aliphatic rings. The standard InChI is InChI=1S/C8H8N2O/c11-8-5-10(6-8)7-2-1-3-9-4-7/h1-4H,5-6H2. The number of aromatic nitrogens is 1. The van der Waals surface area contributed by atoms with E-state index >= 15 is 0 Å². The first kappa shape index (κ1) is 6.34. The molecule has 11 heavy (non-hydrogen) atoms. The molecular formula is C8H8N2O. The normalized spacial score (nSPS) is 16.4. The second-order valence-electron chi connectivity index (χ2n) is 2.61. The number of carbonyl (C=O) groups is 1. The van der Waals surface area contributed by atoms with Gasteiger partial charge in [-0.25, -0.2) is 0 Å². The smallest absolute Gasteiger partial charge is 0.171 e. The summed E-state index contributed by atoms with van der Waals surface area (Å²) in [6, 6.07) is 3.83. The zero-order valence-electron chi connectivity index (χ0n) is 6.03. The minimum absolute atomic E-state index is 0.300. The molecule has 0 amide bonds. The summed E-state index contributed by atoms with van der Waals surface area (Å²) in [5, 5.41) is 0. The van der Waals surface area contributed by atoms with E-state index in [1.165, 1.54) is 0 Å². The molecule has 2 heterocycles. The lowest BCUT2D eigenvalue weighted by Gasteiger charge is -2.30. The number of hydrogen-bond donors (Lipinski definition) is 0. The molecule has 0 N–H and O–H groups in total. The first-order chi connectivity index (χ1) is 5.36. The molecule has 0 unspecified atom stereocenters. The van der Waals surface area contributed by atoms with Gasteiger partial charge in [0.2, 0.25) is 0 Å². The van der Waals surface area contributed by atoms with Gasteiger partial charge in [-0.05, 0) is 12.1 Å². The Morgan fingerprint density at radius 1 is 1.45 bits per heavy atom. The van der Waals surface area contributed by atoms with Crippen molar-refractivity contribution in [2.75, 3.05) is 18.0 Å². The Bertz CT molecular complexity index is 263. The van der Waals surface area contributed by atoms with Crippen LogP contribution in [0.4, 0.5) is 5.69 Å². The van der Waals surface area contributed by atoms with E-state index in [0.717, 1.165) is 5.69 Å². The largest absolute Gasteiger partial charge is 0.355 e. The number of rotatable bonds is 1. The van der Waals surface area contributed by atoms with Crippen LogP contribution >= 0.6 is 0 Å². The van der Waals surface area contributed by atoms with E-state index < -0.39 is 0 Å². The molecule has 56 valence electrons. The topological polar surface area (TPSA) is 33.2 Å². The fraction of sp³-hybridized carbons (Fsp3) is 0.250. The Balaban J connectivity index is 2.13. The van der Waals surface area contributed by atoms with E-state index in [2.05, 4.69) is 4.98 Å². The Hall–Kier alpha value is -1.38. The molecule has 0 saturated carbocycles. The van der Waals surface area contributed by atoms with Gasteiger partial charge in [0, 0.05) is 6.20 Å². The predicted octanol–water partition coefficient (Wildman–Crippen LogP) is 0.471. The van der Waals surface area contributed by atoms with Gasteiger partial charge in [-0.3, -0.25) is 9.78 Å². The maximum atomic E-state index is 10.6. The highest BCUT2D eigenvalue weighted by molar-refractivity contribution is 5.95. The van der Waals surface area contributed by atoms with E-state index in [1.807, 2.05) is 17.0 Å². The predicted molar refractivity (Wildman–Crippen MR) is 41.5 cm³/mol. The van der Waals surface area contributed by atoms with Crippen LogP contribution in [0.3, 0.4) is 0 Å². The summed E-state index contributed by atoms with van der Waals surface area (Å²) in [5.41, 5.74) is 1.03. The average Bonchev–Trinajstić information content (AvgIpc) is 2.01. The van der Waals surface area contributed by atoms with E-state index in [4.69, 9.17) is 0 Å². The highest BCUT2D eigenvalue weighted by Gasteiger charge is 2.23. The van der Waals surface area contributed by atoms with Crippen molar-refractivity contribution in [3.63, 3.8) is 0 Å². The minimum atomic E-state index is 0.300. The third kappa shape index (κ3) is 1.09. The van der Waals surface area contributed by atoms with Crippen molar-refractivity contribution in [1.82, 2.24) is 4.98 Å². The van der Waals surface area contributed by atoms with Gasteiger partial charge in [-0.1, -0.05) is 0 Å². The van der Waals surface area contributed by atoms with Crippen molar-refractivity contribution >= 4 is 11.5 Å². The van der Waals surface area contributed by atoms with Gasteiger partial charge < -0.3 is 4.90 Å². The highest BCUT2D eigenvalue weighted by Crippen LogP contribution is 2.15. The Morgan fingerprint density at radius 3 is 2.82 bits per heavy atom. The molecule has 2 rings (SSSR count). The second kappa shape index (κ2) is 2.34. The summed E-state index contributed by atoms with van der Waals surface area (Å²) < 4.78 is 0. The summed E-state index contributed by atoms with van der Waals surface area (Å²) in [4.78, 5) is 16.6. The van der Waals surface area contributed by atoms with Crippen molar-refractivity contribution in [3.05, 3.63) is 24.5 Å². The van der Waals surface area contributed by atoms with Crippen LogP contribution < -0.4 is 4.90 Å². The first-order valence-electron chi connectivity index (χ1n) is 3.53. The summed E-state index contributed by atoms with van der Waals surface area (Å²) in [5.74, 6) is 0.300. The number of Topliss-reactive ketones (excluding diaryl/α,β-unsaturated/α-hetero) is 1. The van der Waals surface area contributed by atoms with Crippen molar-refractivity contribution < 1.29 is 4.79 Å². The first-order valence-corrected chi connectivity index (χ1v) is 3.53. The fourth-order valence-corrected chi connectivity index (χ4v) is 1.10. The van der Waals surface area contributed by atoms with Crippen LogP contribution in [0.2, 0.25) is 0 Å². The number of anilines is 1. The molecule has 1 aromatic rings. The highest BCUT2D eigenvalue weighted by atomic mass is 16.1. The van der Waals surface area contributed by atoms with Gasteiger partial charge in [0.15, 0.2) is 5.78 Å². The molecule has 1 saturated heterocycles. The Kier molecular flexibility index (Phi) is 1.35. The van der Waals surface area contributed by atoms with Gasteiger partial charge in [-0.2, -0.15) is 0 Å². The summed E-state index contributed by atoms with van der Waals surface area (Å²) in [7, 11) is 0. The lowest BCUT2D eigenvalue weighted by atomic mass is 10.2. The maximum Gasteiger partial charge on any atom is 0.171 e. The SMILES string of the molecule is O=C1CN(c2cccnc2)C1. The van der Waals surface area contributed by atoms with Gasteiger partial charge in [0.05, 0.1) is 25.0 Å². The number of carbonyl (C=O) groups excluding carboxylic acids is 1. The number of nitrogens with zero attached hydrogens (tertiary/aromatic N) is 2. The van der Waals surface area contributed by atoms with Gasteiger partial charge in [-0.15, -0.1) is 0 Å². The van der Waals surface area contributed by atoms with Crippen LogP contribution in [0.5, 0.6) is 0 Å². The van der Waals surface area contributed by atoms with Crippen LogP contribution in [0.15, 0.2) is 24.5 Å². The van der Waals surface area contributed by atoms with E-state index in [0.29, 0.717) is 18.9 Å². The molecule has 3 heteroatoms. The third-order valence-corrected chi connectivity index (χ3v) is 1.75. The van der Waals surface area contributed by atoms with Crippen molar-refractivity contribution in [2.45, 2.75) is 0 Å². The lowest BCUT2D eigenvalue weighted by Crippen LogP contribution is -2.47. The summed E-state index contributed by atoms with van der Waals surface area (Å²) in [6.07, 6.45) is 3.50. The summed E-state index contributed by atoms with van der Waals surface area (Å²) >= 11 is 0. The quantitative estimate of drug-likeness (QED) is 0.580. The molecule has 0 aliphatic carbocycles. The van der Waals surface area contributed by atoms with Gasteiger partial charge in [0.25, 0.3) is 0 Å². The van der Waals surface area contributed by atoms with Crippen molar-refractivity contribution in [3.8, 4) is 0 Å². The van der Waals surface area contributed by atoms with Crippen LogP contribution in [0, 0.1) is 0 Å². The molecule has 1 fully saturated rings.